The summed E-state index contributed by atoms with van der Waals surface area (Å²) in [6.07, 6.45) is 13.7. The zero-order valence-electron chi connectivity index (χ0n) is 14.7. The summed E-state index contributed by atoms with van der Waals surface area (Å²) < 4.78 is 0. The van der Waals surface area contributed by atoms with Crippen LogP contribution in [-0.4, -0.2) is 5.78 Å². The highest BCUT2D eigenvalue weighted by Gasteiger charge is 2.58. The number of fused-ring (bicyclic) bond motifs is 5. The molecule has 0 aromatic carbocycles. The van der Waals surface area contributed by atoms with E-state index in [1.165, 1.54) is 44.9 Å². The fourth-order valence-corrected chi connectivity index (χ4v) is 7.37. The average Bonchev–Trinajstić information content (AvgIpc) is 2.83. The second kappa shape index (κ2) is 4.95. The van der Waals surface area contributed by atoms with Gasteiger partial charge in [0.05, 0.1) is 0 Å². The summed E-state index contributed by atoms with van der Waals surface area (Å²) in [6.45, 7) is 7.37. The molecule has 3 saturated carbocycles. The van der Waals surface area contributed by atoms with Gasteiger partial charge in [-0.15, -0.1) is 0 Å². The van der Waals surface area contributed by atoms with Gasteiger partial charge in [0.25, 0.3) is 0 Å². The molecule has 22 heavy (non-hydrogen) atoms. The maximum absolute atomic E-state index is 12.5. The number of carbonyl (C=O) groups is 1. The Morgan fingerprint density at radius 2 is 1.95 bits per heavy atom. The molecule has 0 aliphatic heterocycles. The summed E-state index contributed by atoms with van der Waals surface area (Å²) in [4.78, 5) is 12.5. The lowest BCUT2D eigenvalue weighted by molar-refractivity contribution is -0.146. The van der Waals surface area contributed by atoms with Gasteiger partial charge in [-0.05, 0) is 80.0 Å². The molecular weight excluding hydrogens is 268 g/mol. The van der Waals surface area contributed by atoms with Crippen LogP contribution in [0.4, 0.5) is 0 Å². The van der Waals surface area contributed by atoms with Crippen LogP contribution < -0.4 is 0 Å². The summed E-state index contributed by atoms with van der Waals surface area (Å²) in [5, 5.41) is 0. The van der Waals surface area contributed by atoms with Crippen molar-refractivity contribution in [3.8, 4) is 0 Å². The molecule has 0 bridgehead atoms. The molecule has 122 valence electrons. The number of Topliss-reactive ketones (excluding diaryl/α,β-unsaturated/α-hetero) is 1. The Kier molecular flexibility index (Phi) is 3.37. The van der Waals surface area contributed by atoms with E-state index in [1.54, 1.807) is 5.57 Å². The Balaban J connectivity index is 1.65. The maximum atomic E-state index is 12.5. The Hall–Kier alpha value is -0.590. The lowest BCUT2D eigenvalue weighted by atomic mass is 9.44. The first-order valence-electron chi connectivity index (χ1n) is 9.73. The van der Waals surface area contributed by atoms with Crippen LogP contribution in [0.5, 0.6) is 0 Å². The standard InChI is InChI=1S/C21H32O/c1-4-14-7-9-16-15-8-10-18-19(22)6-5-12-21(18,3)17(15)11-13-20(14,16)2/h7,15-18H,4-6,8-13H2,1-3H3. The molecule has 0 aromatic rings. The minimum absolute atomic E-state index is 0.328. The highest BCUT2D eigenvalue weighted by molar-refractivity contribution is 5.82. The number of ketones is 1. The second-order valence-corrected chi connectivity index (χ2v) is 9.11. The summed E-state index contributed by atoms with van der Waals surface area (Å²) in [6, 6.07) is 0. The molecule has 0 heterocycles. The average molecular weight is 300 g/mol. The highest BCUT2D eigenvalue weighted by Crippen LogP contribution is 2.66. The number of hydrogen-bond donors (Lipinski definition) is 0. The van der Waals surface area contributed by atoms with Gasteiger partial charge in [-0.2, -0.15) is 0 Å². The monoisotopic (exact) mass is 300 g/mol. The number of carbonyl (C=O) groups excluding carboxylic acids is 1. The fraction of sp³-hybridized carbons (Fsp3) is 0.857. The number of rotatable bonds is 1. The molecule has 4 aliphatic carbocycles. The maximum Gasteiger partial charge on any atom is 0.136 e. The molecule has 6 unspecified atom stereocenters. The minimum atomic E-state index is 0.328. The predicted molar refractivity (Wildman–Crippen MR) is 90.5 cm³/mol. The molecule has 3 fully saturated rings. The van der Waals surface area contributed by atoms with E-state index in [9.17, 15) is 4.79 Å². The zero-order chi connectivity index (χ0) is 15.5. The van der Waals surface area contributed by atoms with Crippen LogP contribution in [0, 0.1) is 34.5 Å². The number of allylic oxidation sites excluding steroid dienone is 2. The third kappa shape index (κ3) is 1.80. The van der Waals surface area contributed by atoms with Crippen LogP contribution in [0.2, 0.25) is 0 Å². The van der Waals surface area contributed by atoms with Crippen LogP contribution in [0.25, 0.3) is 0 Å². The normalized spacial score (nSPS) is 50.9. The SMILES string of the molecule is CCC1=CCC2C3CCC4C(=O)CCCC4(C)C3CCC12C. The van der Waals surface area contributed by atoms with Gasteiger partial charge in [0.2, 0.25) is 0 Å². The zero-order valence-corrected chi connectivity index (χ0v) is 14.7. The third-order valence-corrected chi connectivity index (χ3v) is 8.52. The van der Waals surface area contributed by atoms with E-state index in [4.69, 9.17) is 0 Å². The van der Waals surface area contributed by atoms with Crippen LogP contribution in [-0.2, 0) is 4.79 Å². The van der Waals surface area contributed by atoms with E-state index in [-0.39, 0.29) is 0 Å². The van der Waals surface area contributed by atoms with E-state index in [2.05, 4.69) is 26.8 Å². The van der Waals surface area contributed by atoms with Crippen LogP contribution in [0.3, 0.4) is 0 Å². The number of hydrogen-bond acceptors (Lipinski definition) is 1. The van der Waals surface area contributed by atoms with Gasteiger partial charge in [-0.25, -0.2) is 0 Å². The van der Waals surface area contributed by atoms with E-state index in [1.807, 2.05) is 0 Å². The first-order chi connectivity index (χ1) is 10.5. The Morgan fingerprint density at radius 1 is 1.14 bits per heavy atom. The minimum Gasteiger partial charge on any atom is -0.299 e. The van der Waals surface area contributed by atoms with Gasteiger partial charge in [0, 0.05) is 12.3 Å². The van der Waals surface area contributed by atoms with Crippen molar-refractivity contribution in [2.75, 3.05) is 0 Å². The molecule has 0 saturated heterocycles. The van der Waals surface area contributed by atoms with Crippen LogP contribution in [0.1, 0.15) is 78.6 Å². The molecule has 0 amide bonds. The van der Waals surface area contributed by atoms with E-state index >= 15 is 0 Å². The summed E-state index contributed by atoms with van der Waals surface area (Å²) in [5.41, 5.74) is 2.55. The Bertz CT molecular complexity index is 518. The van der Waals surface area contributed by atoms with Gasteiger partial charge >= 0.3 is 0 Å². The second-order valence-electron chi connectivity index (χ2n) is 9.11. The topological polar surface area (TPSA) is 17.1 Å². The molecule has 0 N–H and O–H groups in total. The van der Waals surface area contributed by atoms with Gasteiger partial charge in [-0.1, -0.05) is 32.4 Å². The predicted octanol–water partition coefficient (Wildman–Crippen LogP) is 5.54. The van der Waals surface area contributed by atoms with Crippen molar-refractivity contribution in [3.05, 3.63) is 11.6 Å². The van der Waals surface area contributed by atoms with E-state index in [0.29, 0.717) is 22.5 Å². The van der Waals surface area contributed by atoms with Crippen molar-refractivity contribution >= 4 is 5.78 Å². The Morgan fingerprint density at radius 3 is 2.73 bits per heavy atom. The first-order valence-corrected chi connectivity index (χ1v) is 9.73. The summed E-state index contributed by atoms with van der Waals surface area (Å²) >= 11 is 0. The van der Waals surface area contributed by atoms with Crippen molar-refractivity contribution in [1.29, 1.82) is 0 Å². The van der Waals surface area contributed by atoms with Crippen molar-refractivity contribution in [2.24, 2.45) is 34.5 Å². The smallest absolute Gasteiger partial charge is 0.136 e. The quantitative estimate of drug-likeness (QED) is 0.581. The lowest BCUT2D eigenvalue weighted by Gasteiger charge is -2.59. The summed E-state index contributed by atoms with van der Waals surface area (Å²) in [7, 11) is 0. The Labute approximate surface area is 135 Å². The van der Waals surface area contributed by atoms with Gasteiger partial charge < -0.3 is 0 Å². The largest absolute Gasteiger partial charge is 0.299 e. The molecule has 6 atom stereocenters. The van der Waals surface area contributed by atoms with E-state index < -0.39 is 0 Å². The fourth-order valence-electron chi connectivity index (χ4n) is 7.37. The van der Waals surface area contributed by atoms with Crippen molar-refractivity contribution in [2.45, 2.75) is 78.6 Å². The van der Waals surface area contributed by atoms with Crippen molar-refractivity contribution in [1.82, 2.24) is 0 Å². The molecule has 4 aliphatic rings. The van der Waals surface area contributed by atoms with Crippen LogP contribution in [0.15, 0.2) is 11.6 Å². The van der Waals surface area contributed by atoms with Crippen molar-refractivity contribution < 1.29 is 4.79 Å². The third-order valence-electron chi connectivity index (χ3n) is 8.52. The van der Waals surface area contributed by atoms with E-state index in [0.717, 1.165) is 30.6 Å². The van der Waals surface area contributed by atoms with Gasteiger partial charge in [0.1, 0.15) is 5.78 Å². The molecule has 1 heteroatoms. The molecule has 0 radical (unpaired) electrons. The lowest BCUT2D eigenvalue weighted by Crippen LogP contribution is -2.54. The first kappa shape index (κ1) is 15.0. The van der Waals surface area contributed by atoms with Gasteiger partial charge in [-0.3, -0.25) is 4.79 Å². The van der Waals surface area contributed by atoms with Crippen molar-refractivity contribution in [3.63, 3.8) is 0 Å². The molecule has 0 spiro atoms. The highest BCUT2D eigenvalue weighted by atomic mass is 16.1. The molecular formula is C21H32O. The molecule has 4 rings (SSSR count). The van der Waals surface area contributed by atoms with Crippen LogP contribution >= 0.6 is 0 Å². The molecule has 0 aromatic heterocycles. The van der Waals surface area contributed by atoms with Gasteiger partial charge in [0.15, 0.2) is 0 Å². The molecule has 1 nitrogen and oxygen atoms in total. The summed E-state index contributed by atoms with van der Waals surface area (Å²) in [5.74, 6) is 3.56.